The number of carboxylic acids is 1. The van der Waals surface area contributed by atoms with Gasteiger partial charge in [-0.1, -0.05) is 11.6 Å². The van der Waals surface area contributed by atoms with Crippen LogP contribution in [0.3, 0.4) is 0 Å². The van der Waals surface area contributed by atoms with E-state index in [1.165, 1.54) is 6.08 Å². The summed E-state index contributed by atoms with van der Waals surface area (Å²) in [5.74, 6) is 1.60. The molecule has 0 amide bonds. The number of hydrogen-bond acceptors (Lipinski definition) is 8. The number of Topliss-reactive ketones (excluding diaryl/α,β-unsaturated/α-hetero) is 1. The molecule has 0 saturated heterocycles. The monoisotopic (exact) mass is 546 g/mol. The van der Waals surface area contributed by atoms with E-state index in [9.17, 15) is 14.7 Å². The third-order valence-corrected chi connectivity index (χ3v) is 5.56. The zero-order valence-corrected chi connectivity index (χ0v) is 24.3. The Morgan fingerprint density at radius 3 is 2.00 bits per heavy atom. The number of ether oxygens (including phenoxy) is 5. The highest BCUT2D eigenvalue weighted by Gasteiger charge is 2.34. The summed E-state index contributed by atoms with van der Waals surface area (Å²) in [5, 5.41) is 17.5. The molecule has 0 bridgehead atoms. The van der Waals surface area contributed by atoms with Gasteiger partial charge in [0.1, 0.15) is 28.6 Å². The SMILES string of the molecule is CC(C)=CC(=O)O.COCCc1c(O)cccc1OC.COCCc1c(OC)ccc2c1OC(C)(C)CC2=O. The second-order valence-corrected chi connectivity index (χ2v) is 9.59. The van der Waals surface area contributed by atoms with Crippen LogP contribution >= 0.6 is 0 Å². The van der Waals surface area contributed by atoms with E-state index in [-0.39, 0.29) is 11.5 Å². The maximum absolute atomic E-state index is 12.2. The molecule has 9 nitrogen and oxygen atoms in total. The van der Waals surface area contributed by atoms with Crippen LogP contribution in [-0.4, -0.2) is 69.2 Å². The van der Waals surface area contributed by atoms with E-state index >= 15 is 0 Å². The number of phenols is 1. The summed E-state index contributed by atoms with van der Waals surface area (Å²) in [6.07, 6.45) is 2.88. The summed E-state index contributed by atoms with van der Waals surface area (Å²) in [4.78, 5) is 21.9. The van der Waals surface area contributed by atoms with Crippen LogP contribution in [0.15, 0.2) is 42.0 Å². The van der Waals surface area contributed by atoms with Gasteiger partial charge in [0.05, 0.1) is 39.4 Å². The van der Waals surface area contributed by atoms with Crippen LogP contribution in [0.1, 0.15) is 55.6 Å². The van der Waals surface area contributed by atoms with Gasteiger partial charge in [-0.25, -0.2) is 4.79 Å². The molecule has 0 radical (unpaired) electrons. The maximum atomic E-state index is 12.2. The second kappa shape index (κ2) is 16.4. The molecule has 2 N–H and O–H groups in total. The van der Waals surface area contributed by atoms with Gasteiger partial charge < -0.3 is 33.9 Å². The number of fused-ring (bicyclic) bond motifs is 1. The molecule has 1 heterocycles. The standard InChI is InChI=1S/C15H20O4.C10H14O3.C5H8O2/c1-15(2)9-12(16)10-5-6-13(18-4)11(7-8-17-3)14(10)19-15;1-12-7-6-8-9(11)4-3-5-10(8)13-2;1-4(2)3-5(6)7/h5-6H,7-9H2,1-4H3;3-5,11H,6-7H2,1-2H3;3H,1-2H3,(H,6,7). The Hall–Kier alpha value is -3.56. The predicted octanol–water partition coefficient (Wildman–Crippen LogP) is 5.25. The molecule has 0 saturated carbocycles. The summed E-state index contributed by atoms with van der Waals surface area (Å²) in [7, 11) is 6.49. The average molecular weight is 547 g/mol. The lowest BCUT2D eigenvalue weighted by Crippen LogP contribution is -2.36. The lowest BCUT2D eigenvalue weighted by molar-refractivity contribution is -0.131. The second-order valence-electron chi connectivity index (χ2n) is 9.59. The van der Waals surface area contributed by atoms with Crippen LogP contribution in [0.25, 0.3) is 0 Å². The molecule has 2 aromatic rings. The summed E-state index contributed by atoms with van der Waals surface area (Å²) in [6, 6.07) is 8.83. The van der Waals surface area contributed by atoms with Crippen molar-refractivity contribution in [1.29, 1.82) is 0 Å². The number of carbonyl (C=O) groups excluding carboxylic acids is 1. The number of benzene rings is 2. The maximum Gasteiger partial charge on any atom is 0.328 e. The van der Waals surface area contributed by atoms with Crippen molar-refractivity contribution in [3.63, 3.8) is 0 Å². The number of phenolic OH excluding ortho intramolecular Hbond substituents is 1. The number of rotatable bonds is 9. The molecule has 3 rings (SSSR count). The van der Waals surface area contributed by atoms with E-state index in [2.05, 4.69) is 0 Å². The highest BCUT2D eigenvalue weighted by molar-refractivity contribution is 6.01. The van der Waals surface area contributed by atoms with Crippen molar-refractivity contribution in [3.8, 4) is 23.0 Å². The number of carboxylic acid groups (broad SMARTS) is 1. The largest absolute Gasteiger partial charge is 0.508 e. The van der Waals surface area contributed by atoms with Gasteiger partial charge in [-0.2, -0.15) is 0 Å². The summed E-state index contributed by atoms with van der Waals surface area (Å²) in [6.45, 7) is 8.47. The minimum atomic E-state index is -0.875. The lowest BCUT2D eigenvalue weighted by atomic mass is 9.90. The number of ketones is 1. The number of carbonyl (C=O) groups is 2. The van der Waals surface area contributed by atoms with Crippen LogP contribution in [0.4, 0.5) is 0 Å². The van der Waals surface area contributed by atoms with Gasteiger partial charge in [0.15, 0.2) is 5.78 Å². The summed E-state index contributed by atoms with van der Waals surface area (Å²) < 4.78 is 26.5. The van der Waals surface area contributed by atoms with Crippen LogP contribution in [0, 0.1) is 0 Å². The normalized spacial score (nSPS) is 12.9. The van der Waals surface area contributed by atoms with Crippen molar-refractivity contribution in [2.45, 2.75) is 52.6 Å². The van der Waals surface area contributed by atoms with Gasteiger partial charge in [-0.05, 0) is 52.0 Å². The van der Waals surface area contributed by atoms with Crippen LogP contribution in [-0.2, 0) is 27.1 Å². The first kappa shape index (κ1) is 33.5. The van der Waals surface area contributed by atoms with E-state index < -0.39 is 11.6 Å². The Bertz CT molecular complexity index is 1120. The first-order valence-electron chi connectivity index (χ1n) is 12.5. The zero-order valence-electron chi connectivity index (χ0n) is 24.3. The molecule has 1 aliphatic rings. The first-order valence-corrected chi connectivity index (χ1v) is 12.5. The molecule has 0 aliphatic carbocycles. The number of allylic oxidation sites excluding steroid dienone is 1. The fraction of sp³-hybridized carbons (Fsp3) is 0.467. The smallest absolute Gasteiger partial charge is 0.328 e. The first-order chi connectivity index (χ1) is 18.4. The Morgan fingerprint density at radius 2 is 1.51 bits per heavy atom. The van der Waals surface area contributed by atoms with Gasteiger partial charge in [0.2, 0.25) is 0 Å². The molecule has 0 aromatic heterocycles. The van der Waals surface area contributed by atoms with E-state index in [0.29, 0.717) is 49.5 Å². The molecule has 0 atom stereocenters. The van der Waals surface area contributed by atoms with Crippen molar-refractivity contribution in [2.24, 2.45) is 0 Å². The molecule has 0 fully saturated rings. The molecule has 2 aromatic carbocycles. The average Bonchev–Trinajstić information content (AvgIpc) is 2.85. The van der Waals surface area contributed by atoms with E-state index in [0.717, 1.165) is 22.4 Å². The molecule has 0 unspecified atom stereocenters. The van der Waals surface area contributed by atoms with E-state index in [1.54, 1.807) is 60.5 Å². The number of aromatic hydroxyl groups is 1. The number of hydrogen-bond donors (Lipinski definition) is 2. The Morgan fingerprint density at radius 1 is 0.949 bits per heavy atom. The minimum Gasteiger partial charge on any atom is -0.508 e. The Balaban J connectivity index is 0.000000329. The van der Waals surface area contributed by atoms with Crippen molar-refractivity contribution in [1.82, 2.24) is 0 Å². The minimum absolute atomic E-state index is 0.118. The van der Waals surface area contributed by atoms with Crippen LogP contribution in [0.5, 0.6) is 23.0 Å². The van der Waals surface area contributed by atoms with E-state index in [1.807, 2.05) is 26.0 Å². The fourth-order valence-corrected chi connectivity index (χ4v) is 3.82. The van der Waals surface area contributed by atoms with E-state index in [4.69, 9.17) is 28.8 Å². The van der Waals surface area contributed by atoms with Crippen molar-refractivity contribution >= 4 is 11.8 Å². The molecular formula is C30H42O9. The van der Waals surface area contributed by atoms with Crippen molar-refractivity contribution in [3.05, 3.63) is 58.7 Å². The number of methoxy groups -OCH3 is 4. The quantitative estimate of drug-likeness (QED) is 0.406. The van der Waals surface area contributed by atoms with Gasteiger partial charge >= 0.3 is 5.97 Å². The fourth-order valence-electron chi connectivity index (χ4n) is 3.82. The van der Waals surface area contributed by atoms with Crippen LogP contribution < -0.4 is 14.2 Å². The predicted molar refractivity (Wildman–Crippen MR) is 150 cm³/mol. The molecule has 216 valence electrons. The molecule has 1 aliphatic heterocycles. The highest BCUT2D eigenvalue weighted by atomic mass is 16.5. The van der Waals surface area contributed by atoms with Gasteiger partial charge in [0.25, 0.3) is 0 Å². The van der Waals surface area contributed by atoms with Crippen LogP contribution in [0.2, 0.25) is 0 Å². The van der Waals surface area contributed by atoms with Gasteiger partial charge in [-0.3, -0.25) is 4.79 Å². The Kier molecular flexibility index (Phi) is 14.1. The number of aliphatic carboxylic acids is 1. The highest BCUT2D eigenvalue weighted by Crippen LogP contribution is 2.40. The summed E-state index contributed by atoms with van der Waals surface area (Å²) >= 11 is 0. The van der Waals surface area contributed by atoms with Crippen molar-refractivity contribution in [2.75, 3.05) is 41.7 Å². The molecule has 9 heteroatoms. The third kappa shape index (κ3) is 11.0. The topological polar surface area (TPSA) is 121 Å². The van der Waals surface area contributed by atoms with Gasteiger partial charge in [0, 0.05) is 44.3 Å². The lowest BCUT2D eigenvalue weighted by Gasteiger charge is -2.33. The molecule has 39 heavy (non-hydrogen) atoms. The Labute approximate surface area is 231 Å². The van der Waals surface area contributed by atoms with Crippen molar-refractivity contribution < 1.29 is 43.5 Å². The molecule has 0 spiro atoms. The zero-order chi connectivity index (χ0) is 29.6. The van der Waals surface area contributed by atoms with Gasteiger partial charge in [-0.15, -0.1) is 0 Å². The summed E-state index contributed by atoms with van der Waals surface area (Å²) in [5.41, 5.74) is 2.69. The third-order valence-electron chi connectivity index (χ3n) is 5.56. The molecular weight excluding hydrogens is 504 g/mol.